The first kappa shape index (κ1) is 13.8. The minimum absolute atomic E-state index is 0.653. The van der Waals surface area contributed by atoms with Gasteiger partial charge < -0.3 is 15.0 Å². The summed E-state index contributed by atoms with van der Waals surface area (Å²) in [5.74, 6) is 0.653. The van der Waals surface area contributed by atoms with Crippen LogP contribution in [0.15, 0.2) is 0 Å². The largest absolute Gasteiger partial charge is 0.378 e. The highest BCUT2D eigenvalue weighted by atomic mass is 32.1. The van der Waals surface area contributed by atoms with Crippen LogP contribution >= 0.6 is 11.3 Å². The summed E-state index contributed by atoms with van der Waals surface area (Å²) in [6, 6.07) is 0. The highest BCUT2D eigenvalue weighted by molar-refractivity contribution is 7.15. The Bertz CT molecular complexity index is 372. The summed E-state index contributed by atoms with van der Waals surface area (Å²) in [6.45, 7) is 8.99. The number of nitrogens with one attached hydrogen (secondary N) is 1. The number of anilines is 1. The minimum Gasteiger partial charge on any atom is -0.378 e. The van der Waals surface area contributed by atoms with Crippen LogP contribution in [0.3, 0.4) is 0 Å². The molecule has 0 atom stereocenters. The van der Waals surface area contributed by atoms with Gasteiger partial charge >= 0.3 is 0 Å². The molecule has 1 aliphatic heterocycles. The zero-order valence-corrected chi connectivity index (χ0v) is 12.3. The zero-order valence-electron chi connectivity index (χ0n) is 11.5. The van der Waals surface area contributed by atoms with Crippen LogP contribution in [-0.4, -0.2) is 38.3 Å². The lowest BCUT2D eigenvalue weighted by Crippen LogP contribution is -2.36. The molecule has 2 rings (SSSR count). The van der Waals surface area contributed by atoms with Crippen molar-refractivity contribution in [1.82, 2.24) is 10.3 Å². The predicted molar refractivity (Wildman–Crippen MR) is 76.5 cm³/mol. The minimum atomic E-state index is 0.653. The molecule has 1 aliphatic rings. The molecule has 4 nitrogen and oxygen atoms in total. The summed E-state index contributed by atoms with van der Waals surface area (Å²) in [6.07, 6.45) is 1.07. The summed E-state index contributed by atoms with van der Waals surface area (Å²) < 4.78 is 5.39. The van der Waals surface area contributed by atoms with Crippen molar-refractivity contribution in [3.05, 3.63) is 10.6 Å². The van der Waals surface area contributed by atoms with Gasteiger partial charge in [-0.05, 0) is 19.4 Å². The van der Waals surface area contributed by atoms with Crippen LogP contribution in [0.1, 0.15) is 24.4 Å². The standard InChI is InChI=1S/C13H23N3OS/c1-10(2)8-11-12(9-14-3)18-13(15-11)16-4-6-17-7-5-16/h10,14H,4-9H2,1-3H3. The molecular formula is C13H23N3OS. The predicted octanol–water partition coefficient (Wildman–Crippen LogP) is 1.90. The van der Waals surface area contributed by atoms with Crippen LogP contribution < -0.4 is 10.2 Å². The van der Waals surface area contributed by atoms with Crippen LogP contribution in [0.2, 0.25) is 0 Å². The van der Waals surface area contributed by atoms with Gasteiger partial charge in [-0.25, -0.2) is 4.98 Å². The summed E-state index contributed by atoms with van der Waals surface area (Å²) in [5, 5.41) is 4.41. The van der Waals surface area contributed by atoms with Crippen molar-refractivity contribution in [2.24, 2.45) is 5.92 Å². The third-order valence-corrected chi connectivity index (χ3v) is 4.15. The van der Waals surface area contributed by atoms with E-state index in [9.17, 15) is 0 Å². The summed E-state index contributed by atoms with van der Waals surface area (Å²) in [5.41, 5.74) is 1.27. The Morgan fingerprint density at radius 1 is 1.39 bits per heavy atom. The molecule has 18 heavy (non-hydrogen) atoms. The van der Waals surface area contributed by atoms with Gasteiger partial charge in [0.1, 0.15) is 0 Å². The van der Waals surface area contributed by atoms with Crippen LogP contribution in [0, 0.1) is 5.92 Å². The number of morpholine rings is 1. The fourth-order valence-electron chi connectivity index (χ4n) is 2.10. The quantitative estimate of drug-likeness (QED) is 0.886. The van der Waals surface area contributed by atoms with Gasteiger partial charge in [-0.1, -0.05) is 13.8 Å². The van der Waals surface area contributed by atoms with E-state index in [0.29, 0.717) is 5.92 Å². The van der Waals surface area contributed by atoms with E-state index in [1.165, 1.54) is 15.7 Å². The molecule has 1 aromatic rings. The van der Waals surface area contributed by atoms with Crippen LogP contribution in [0.4, 0.5) is 5.13 Å². The lowest BCUT2D eigenvalue weighted by atomic mass is 10.1. The van der Waals surface area contributed by atoms with E-state index in [0.717, 1.165) is 39.3 Å². The Balaban J connectivity index is 2.14. The monoisotopic (exact) mass is 269 g/mol. The molecule has 0 aliphatic carbocycles. The third-order valence-electron chi connectivity index (χ3n) is 2.99. The van der Waals surface area contributed by atoms with Crippen molar-refractivity contribution in [2.45, 2.75) is 26.8 Å². The average molecular weight is 269 g/mol. The fourth-order valence-corrected chi connectivity index (χ4v) is 3.26. The highest BCUT2D eigenvalue weighted by Gasteiger charge is 2.18. The maximum Gasteiger partial charge on any atom is 0.185 e. The number of aromatic nitrogens is 1. The van der Waals surface area contributed by atoms with Crippen molar-refractivity contribution in [3.8, 4) is 0 Å². The Labute approximate surface area is 113 Å². The number of rotatable bonds is 5. The van der Waals surface area contributed by atoms with Crippen molar-refractivity contribution >= 4 is 16.5 Å². The van der Waals surface area contributed by atoms with Gasteiger partial charge in [0.15, 0.2) is 5.13 Å². The van der Waals surface area contributed by atoms with Gasteiger partial charge in [0, 0.05) is 24.5 Å². The number of thiazole rings is 1. The SMILES string of the molecule is CNCc1sc(N2CCOCC2)nc1CC(C)C. The number of hydrogen-bond donors (Lipinski definition) is 1. The summed E-state index contributed by atoms with van der Waals surface area (Å²) in [7, 11) is 1.99. The molecule has 102 valence electrons. The van der Waals surface area contributed by atoms with Crippen molar-refractivity contribution in [2.75, 3.05) is 38.3 Å². The topological polar surface area (TPSA) is 37.4 Å². The molecule has 0 bridgehead atoms. The highest BCUT2D eigenvalue weighted by Crippen LogP contribution is 2.28. The lowest BCUT2D eigenvalue weighted by Gasteiger charge is -2.26. The maximum atomic E-state index is 5.39. The van der Waals surface area contributed by atoms with E-state index >= 15 is 0 Å². The van der Waals surface area contributed by atoms with E-state index < -0.39 is 0 Å². The Morgan fingerprint density at radius 2 is 2.11 bits per heavy atom. The van der Waals surface area contributed by atoms with Crippen molar-refractivity contribution < 1.29 is 4.74 Å². The van der Waals surface area contributed by atoms with E-state index in [1.807, 2.05) is 18.4 Å². The Morgan fingerprint density at radius 3 is 2.72 bits per heavy atom. The molecule has 0 aromatic carbocycles. The maximum absolute atomic E-state index is 5.39. The van der Waals surface area contributed by atoms with E-state index in [1.54, 1.807) is 0 Å². The Hall–Kier alpha value is -0.650. The van der Waals surface area contributed by atoms with Gasteiger partial charge in [0.05, 0.1) is 18.9 Å². The molecule has 5 heteroatoms. The van der Waals surface area contributed by atoms with Crippen LogP contribution in [0.25, 0.3) is 0 Å². The number of nitrogens with zero attached hydrogens (tertiary/aromatic N) is 2. The number of hydrogen-bond acceptors (Lipinski definition) is 5. The summed E-state index contributed by atoms with van der Waals surface area (Å²) in [4.78, 5) is 8.57. The van der Waals surface area contributed by atoms with Crippen molar-refractivity contribution in [1.29, 1.82) is 0 Å². The van der Waals surface area contributed by atoms with Crippen LogP contribution in [-0.2, 0) is 17.7 Å². The van der Waals surface area contributed by atoms with E-state index in [2.05, 4.69) is 24.1 Å². The molecule has 1 N–H and O–H groups in total. The molecular weight excluding hydrogens is 246 g/mol. The smallest absolute Gasteiger partial charge is 0.185 e. The average Bonchev–Trinajstić information content (AvgIpc) is 2.73. The van der Waals surface area contributed by atoms with E-state index in [-0.39, 0.29) is 0 Å². The van der Waals surface area contributed by atoms with Crippen LogP contribution in [0.5, 0.6) is 0 Å². The molecule has 1 saturated heterocycles. The second-order valence-electron chi connectivity index (χ2n) is 5.09. The first-order valence-electron chi connectivity index (χ1n) is 6.66. The van der Waals surface area contributed by atoms with Gasteiger partial charge in [0.25, 0.3) is 0 Å². The molecule has 0 amide bonds. The normalized spacial score (nSPS) is 16.6. The first-order valence-corrected chi connectivity index (χ1v) is 7.48. The zero-order chi connectivity index (χ0) is 13.0. The lowest BCUT2D eigenvalue weighted by molar-refractivity contribution is 0.122. The fraction of sp³-hybridized carbons (Fsp3) is 0.769. The molecule has 2 heterocycles. The molecule has 0 saturated carbocycles. The van der Waals surface area contributed by atoms with Gasteiger partial charge in [-0.3, -0.25) is 0 Å². The molecule has 0 unspecified atom stereocenters. The van der Waals surface area contributed by atoms with Gasteiger partial charge in [-0.2, -0.15) is 0 Å². The number of ether oxygens (including phenoxy) is 1. The third kappa shape index (κ3) is 3.43. The molecule has 0 radical (unpaired) electrons. The van der Waals surface area contributed by atoms with E-state index in [4.69, 9.17) is 9.72 Å². The first-order chi connectivity index (χ1) is 8.70. The molecule has 0 spiro atoms. The second-order valence-corrected chi connectivity index (χ2v) is 6.16. The molecule has 1 aromatic heterocycles. The van der Waals surface area contributed by atoms with Gasteiger partial charge in [0.2, 0.25) is 0 Å². The van der Waals surface area contributed by atoms with Gasteiger partial charge in [-0.15, -0.1) is 11.3 Å². The second kappa shape index (κ2) is 6.50. The Kier molecular flexibility index (Phi) is 4.97. The van der Waals surface area contributed by atoms with Crippen molar-refractivity contribution in [3.63, 3.8) is 0 Å². The molecule has 1 fully saturated rings. The summed E-state index contributed by atoms with van der Waals surface area (Å²) >= 11 is 1.83.